The molecule has 2 heterocycles. The number of aliphatic imine (C=N–C) groups is 1. The van der Waals surface area contributed by atoms with E-state index < -0.39 is 5.91 Å². The second kappa shape index (κ2) is 12.6. The van der Waals surface area contributed by atoms with Gasteiger partial charge in [0.25, 0.3) is 5.91 Å². The van der Waals surface area contributed by atoms with Crippen molar-refractivity contribution in [1.82, 2.24) is 15.5 Å². The zero-order valence-corrected chi connectivity index (χ0v) is 20.4. The Kier molecular flexibility index (Phi) is 10.1. The molecule has 1 amide bonds. The number of furan rings is 1. The lowest BCUT2D eigenvalue weighted by Gasteiger charge is -2.29. The molecular weight excluding hydrogens is 509 g/mol. The molecule has 1 aromatic heterocycles. The molecule has 1 fully saturated rings. The van der Waals surface area contributed by atoms with Crippen LogP contribution in [0.1, 0.15) is 47.7 Å². The number of carbonyl (C=O) groups is 1. The highest BCUT2D eigenvalue weighted by atomic mass is 127. The van der Waals surface area contributed by atoms with Crippen molar-refractivity contribution in [2.75, 3.05) is 33.3 Å². The lowest BCUT2D eigenvalue weighted by molar-refractivity contribution is 0.0972. The first-order chi connectivity index (χ1) is 14.6. The van der Waals surface area contributed by atoms with E-state index in [-0.39, 0.29) is 35.8 Å². The van der Waals surface area contributed by atoms with Crippen molar-refractivity contribution in [2.24, 2.45) is 10.7 Å². The second-order valence-electron chi connectivity index (χ2n) is 7.24. The highest BCUT2D eigenvalue weighted by Crippen LogP contribution is 2.27. The molecule has 0 aliphatic carbocycles. The molecule has 9 heteroatoms. The van der Waals surface area contributed by atoms with Crippen molar-refractivity contribution < 1.29 is 13.9 Å². The molecule has 31 heavy (non-hydrogen) atoms. The number of guanidine groups is 1. The van der Waals surface area contributed by atoms with Crippen LogP contribution < -0.4 is 21.1 Å². The molecule has 170 valence electrons. The van der Waals surface area contributed by atoms with Crippen molar-refractivity contribution in [1.29, 1.82) is 0 Å². The fourth-order valence-corrected chi connectivity index (χ4v) is 3.65. The Bertz CT molecular complexity index is 864. The summed E-state index contributed by atoms with van der Waals surface area (Å²) in [4.78, 5) is 18.3. The van der Waals surface area contributed by atoms with Crippen LogP contribution in [-0.4, -0.2) is 50.1 Å². The topological polar surface area (TPSA) is 105 Å². The number of halogens is 1. The van der Waals surface area contributed by atoms with Gasteiger partial charge in [0, 0.05) is 13.1 Å². The zero-order valence-electron chi connectivity index (χ0n) is 18.1. The monoisotopic (exact) mass is 541 g/mol. The third-order valence-electron chi connectivity index (χ3n) is 5.16. The van der Waals surface area contributed by atoms with Crippen molar-refractivity contribution in [3.05, 3.63) is 53.5 Å². The first-order valence-electron chi connectivity index (χ1n) is 10.4. The van der Waals surface area contributed by atoms with Gasteiger partial charge in [0.1, 0.15) is 18.1 Å². The van der Waals surface area contributed by atoms with Gasteiger partial charge in [-0.25, -0.2) is 4.99 Å². The van der Waals surface area contributed by atoms with Crippen molar-refractivity contribution >= 4 is 35.8 Å². The molecule has 1 aliphatic rings. The van der Waals surface area contributed by atoms with E-state index in [1.54, 1.807) is 19.2 Å². The van der Waals surface area contributed by atoms with Gasteiger partial charge < -0.3 is 25.5 Å². The van der Waals surface area contributed by atoms with Crippen LogP contribution in [0.15, 0.2) is 45.8 Å². The summed E-state index contributed by atoms with van der Waals surface area (Å²) < 4.78 is 10.8. The minimum absolute atomic E-state index is 0. The van der Waals surface area contributed by atoms with Gasteiger partial charge in [-0.05, 0) is 62.7 Å². The first kappa shape index (κ1) is 25.0. The molecule has 0 saturated carbocycles. The number of amides is 1. The van der Waals surface area contributed by atoms with E-state index in [0.717, 1.165) is 25.4 Å². The van der Waals surface area contributed by atoms with E-state index in [0.29, 0.717) is 24.8 Å². The number of primary amides is 1. The number of hydrogen-bond acceptors (Lipinski definition) is 5. The summed E-state index contributed by atoms with van der Waals surface area (Å²) >= 11 is 0. The Morgan fingerprint density at radius 2 is 2.03 bits per heavy atom. The molecule has 0 spiro atoms. The molecule has 4 N–H and O–H groups in total. The third kappa shape index (κ3) is 7.13. The standard InChI is InChI=1S/C22H31N5O3.HI/c1-3-24-22(25-14-18-9-10-20(30-18)21(23)28)26-15-19(27-11-4-5-12-27)16-7-6-8-17(13-16)29-2;/h6-10,13,19H,3-5,11-12,14-15H2,1-2H3,(H2,23,28)(H2,24,25,26);1H. The number of nitrogens with one attached hydrogen (secondary N) is 2. The summed E-state index contributed by atoms with van der Waals surface area (Å²) in [5.41, 5.74) is 6.46. The van der Waals surface area contributed by atoms with E-state index in [2.05, 4.69) is 32.7 Å². The average Bonchev–Trinajstić information content (AvgIpc) is 3.45. The quantitative estimate of drug-likeness (QED) is 0.256. The summed E-state index contributed by atoms with van der Waals surface area (Å²) in [7, 11) is 1.69. The molecule has 1 unspecified atom stereocenters. The highest BCUT2D eigenvalue weighted by Gasteiger charge is 2.24. The molecule has 0 bridgehead atoms. The average molecular weight is 541 g/mol. The maximum absolute atomic E-state index is 11.2. The zero-order chi connectivity index (χ0) is 21.3. The predicted octanol–water partition coefficient (Wildman–Crippen LogP) is 2.90. The van der Waals surface area contributed by atoms with Gasteiger partial charge >= 0.3 is 0 Å². The van der Waals surface area contributed by atoms with Gasteiger partial charge in [-0.3, -0.25) is 9.69 Å². The summed E-state index contributed by atoms with van der Waals surface area (Å²) in [6.07, 6.45) is 2.44. The Labute approximate surface area is 200 Å². The maximum Gasteiger partial charge on any atom is 0.284 e. The smallest absolute Gasteiger partial charge is 0.284 e. The normalized spacial score (nSPS) is 15.2. The summed E-state index contributed by atoms with van der Waals surface area (Å²) in [5.74, 6) is 1.71. The molecule has 8 nitrogen and oxygen atoms in total. The number of carbonyl (C=O) groups excluding carboxylic acids is 1. The van der Waals surface area contributed by atoms with E-state index >= 15 is 0 Å². The molecule has 1 aliphatic heterocycles. The molecule has 1 saturated heterocycles. The number of nitrogens with two attached hydrogens (primary N) is 1. The van der Waals surface area contributed by atoms with Crippen molar-refractivity contribution in [2.45, 2.75) is 32.4 Å². The second-order valence-corrected chi connectivity index (χ2v) is 7.24. The van der Waals surface area contributed by atoms with Crippen LogP contribution in [0.25, 0.3) is 0 Å². The highest BCUT2D eigenvalue weighted by molar-refractivity contribution is 14.0. The van der Waals surface area contributed by atoms with Crippen LogP contribution in [-0.2, 0) is 6.54 Å². The molecule has 2 aromatic rings. The Hall–Kier alpha value is -2.27. The Morgan fingerprint density at radius 3 is 2.68 bits per heavy atom. The van der Waals surface area contributed by atoms with Crippen LogP contribution in [0, 0.1) is 0 Å². The van der Waals surface area contributed by atoms with Gasteiger partial charge in [0.05, 0.1) is 13.2 Å². The largest absolute Gasteiger partial charge is 0.497 e. The van der Waals surface area contributed by atoms with Crippen LogP contribution in [0.5, 0.6) is 5.75 Å². The number of nitrogens with zero attached hydrogens (tertiary/aromatic N) is 2. The third-order valence-corrected chi connectivity index (χ3v) is 5.16. The molecule has 3 rings (SSSR count). The van der Waals surface area contributed by atoms with E-state index in [4.69, 9.17) is 14.9 Å². The van der Waals surface area contributed by atoms with Gasteiger partial charge in [0.2, 0.25) is 0 Å². The number of ether oxygens (including phenoxy) is 1. The minimum atomic E-state index is -0.581. The molecule has 1 aromatic carbocycles. The minimum Gasteiger partial charge on any atom is -0.497 e. The van der Waals surface area contributed by atoms with Crippen LogP contribution in [0.4, 0.5) is 0 Å². The molecule has 0 radical (unpaired) electrons. The number of likely N-dealkylation sites (tertiary alicyclic amines) is 1. The number of rotatable bonds is 9. The number of methoxy groups -OCH3 is 1. The lowest BCUT2D eigenvalue weighted by Crippen LogP contribution is -2.42. The Balaban J connectivity index is 0.00000341. The van der Waals surface area contributed by atoms with E-state index in [1.807, 2.05) is 19.1 Å². The maximum atomic E-state index is 11.2. The fourth-order valence-electron chi connectivity index (χ4n) is 3.65. The Morgan fingerprint density at radius 1 is 1.26 bits per heavy atom. The van der Waals surface area contributed by atoms with Gasteiger partial charge in [-0.1, -0.05) is 12.1 Å². The molecular formula is C22H32IN5O3. The fraction of sp³-hybridized carbons (Fsp3) is 0.455. The van der Waals surface area contributed by atoms with E-state index in [9.17, 15) is 4.79 Å². The van der Waals surface area contributed by atoms with Crippen molar-refractivity contribution in [3.8, 4) is 5.75 Å². The van der Waals surface area contributed by atoms with Crippen LogP contribution >= 0.6 is 24.0 Å². The van der Waals surface area contributed by atoms with Gasteiger partial charge in [0.15, 0.2) is 11.7 Å². The number of hydrogen-bond donors (Lipinski definition) is 3. The summed E-state index contributed by atoms with van der Waals surface area (Å²) in [6, 6.07) is 11.7. The predicted molar refractivity (Wildman–Crippen MR) is 132 cm³/mol. The summed E-state index contributed by atoms with van der Waals surface area (Å²) in [6.45, 7) is 5.96. The van der Waals surface area contributed by atoms with Crippen LogP contribution in [0.2, 0.25) is 0 Å². The van der Waals surface area contributed by atoms with E-state index in [1.165, 1.54) is 18.4 Å². The van der Waals surface area contributed by atoms with Crippen LogP contribution in [0.3, 0.4) is 0 Å². The lowest BCUT2D eigenvalue weighted by atomic mass is 10.1. The number of benzene rings is 1. The van der Waals surface area contributed by atoms with Crippen molar-refractivity contribution in [3.63, 3.8) is 0 Å². The first-order valence-corrected chi connectivity index (χ1v) is 10.4. The van der Waals surface area contributed by atoms with Gasteiger partial charge in [-0.15, -0.1) is 24.0 Å². The SMILES string of the molecule is CCNC(=NCc1ccc(C(N)=O)o1)NCC(c1cccc(OC)c1)N1CCCC1.I. The summed E-state index contributed by atoms with van der Waals surface area (Å²) in [5, 5.41) is 6.72. The molecule has 1 atom stereocenters. The van der Waals surface area contributed by atoms with Gasteiger partial charge in [-0.2, -0.15) is 0 Å².